The van der Waals surface area contributed by atoms with Crippen LogP contribution in [0.25, 0.3) is 11.0 Å². The lowest BCUT2D eigenvalue weighted by Gasteiger charge is -2.24. The Labute approximate surface area is 173 Å². The molecule has 2 aromatic heterocycles. The van der Waals surface area contributed by atoms with E-state index in [1.165, 1.54) is 23.9 Å². The molecule has 2 aromatic rings. The Kier molecular flexibility index (Phi) is 4.49. The molecule has 29 heavy (non-hydrogen) atoms. The molecule has 0 aromatic carbocycles. The third kappa shape index (κ3) is 2.76. The first-order valence-corrected chi connectivity index (χ1v) is 10.3. The molecule has 6 atom stereocenters. The van der Waals surface area contributed by atoms with E-state index in [1.54, 1.807) is 6.20 Å². The number of ether oxygens (including phenoxy) is 1. The summed E-state index contributed by atoms with van der Waals surface area (Å²) in [4.78, 5) is 6.73. The van der Waals surface area contributed by atoms with Crippen LogP contribution in [0.2, 0.25) is 5.15 Å². The predicted octanol–water partition coefficient (Wildman–Crippen LogP) is 0.936. The molecule has 0 spiro atoms. The molecule has 3 aliphatic rings. The Bertz CT molecular complexity index is 979. The molecule has 154 valence electrons. The summed E-state index contributed by atoms with van der Waals surface area (Å²) in [7, 11) is 0. The van der Waals surface area contributed by atoms with Gasteiger partial charge in [-0.3, -0.25) is 0 Å². The second-order valence-electron chi connectivity index (χ2n) is 8.26. The van der Waals surface area contributed by atoms with Gasteiger partial charge in [0.1, 0.15) is 17.4 Å². The van der Waals surface area contributed by atoms with Crippen LogP contribution in [0.4, 0.5) is 5.69 Å². The number of terminal acetylenes is 1. The van der Waals surface area contributed by atoms with E-state index in [-0.39, 0.29) is 0 Å². The van der Waals surface area contributed by atoms with Gasteiger partial charge in [0.05, 0.1) is 23.9 Å². The van der Waals surface area contributed by atoms with E-state index in [4.69, 9.17) is 22.8 Å². The zero-order valence-corrected chi connectivity index (χ0v) is 16.5. The average Bonchev–Trinajstić information content (AvgIpc) is 3.45. The molecular formula is C20H23ClN4O4. The van der Waals surface area contributed by atoms with Crippen molar-refractivity contribution in [2.75, 3.05) is 24.6 Å². The largest absolute Gasteiger partial charge is 0.394 e. The van der Waals surface area contributed by atoms with Crippen molar-refractivity contribution in [1.82, 2.24) is 14.8 Å². The van der Waals surface area contributed by atoms with E-state index in [1.807, 2.05) is 6.07 Å². The summed E-state index contributed by atoms with van der Waals surface area (Å²) in [6.45, 7) is 1.43. The van der Waals surface area contributed by atoms with Crippen LogP contribution in [0.1, 0.15) is 25.5 Å². The first-order valence-electron chi connectivity index (χ1n) is 9.89. The molecule has 8 nitrogen and oxygen atoms in total. The van der Waals surface area contributed by atoms with E-state index in [9.17, 15) is 15.3 Å². The monoisotopic (exact) mass is 418 g/mol. The Morgan fingerprint density at radius 2 is 2.07 bits per heavy atom. The zero-order chi connectivity index (χ0) is 20.3. The molecule has 9 heteroatoms. The standard InChI is InChI=1S/C20H23ClN4O4/c1-2-20(28)15(10-26)29-19(17(20)27)25-18-13(7-22-25)14(6-16(21)23-18)24-8-11-4-3-5-12(11)9-24/h1,6-7,11-12,15,17,19,26-28H,3-5,8-10H2/t11-,12+,15-,17+,19-,20-/m1/s1. The molecule has 2 saturated heterocycles. The number of aromatic nitrogens is 3. The first-order chi connectivity index (χ1) is 14.0. The molecule has 5 rings (SSSR count). The number of aliphatic hydroxyl groups excluding tert-OH is 2. The molecule has 3 fully saturated rings. The summed E-state index contributed by atoms with van der Waals surface area (Å²) >= 11 is 6.33. The van der Waals surface area contributed by atoms with Gasteiger partial charge in [0.15, 0.2) is 17.5 Å². The minimum absolute atomic E-state index is 0.310. The van der Waals surface area contributed by atoms with Crippen LogP contribution < -0.4 is 4.90 Å². The van der Waals surface area contributed by atoms with Gasteiger partial charge in [-0.05, 0) is 30.7 Å². The van der Waals surface area contributed by atoms with E-state index in [0.717, 1.165) is 24.2 Å². The summed E-state index contributed by atoms with van der Waals surface area (Å²) in [6, 6.07) is 1.84. The number of fused-ring (bicyclic) bond motifs is 2. The van der Waals surface area contributed by atoms with Crippen LogP contribution in [-0.4, -0.2) is 67.6 Å². The van der Waals surface area contributed by atoms with Gasteiger partial charge in [-0.15, -0.1) is 6.42 Å². The van der Waals surface area contributed by atoms with E-state index < -0.39 is 30.6 Å². The third-order valence-electron chi connectivity index (χ3n) is 6.73. The van der Waals surface area contributed by atoms with Crippen molar-refractivity contribution in [2.45, 2.75) is 43.3 Å². The summed E-state index contributed by atoms with van der Waals surface area (Å²) in [5.74, 6) is 3.57. The summed E-state index contributed by atoms with van der Waals surface area (Å²) < 4.78 is 7.04. The highest BCUT2D eigenvalue weighted by Crippen LogP contribution is 2.43. The maximum absolute atomic E-state index is 10.6. The fraction of sp³-hybridized carbons (Fsp3) is 0.600. The second kappa shape index (κ2) is 6.83. The normalized spacial score (nSPS) is 36.7. The summed E-state index contributed by atoms with van der Waals surface area (Å²) in [5.41, 5.74) is -0.628. The number of hydrogen-bond donors (Lipinski definition) is 3. The van der Waals surface area contributed by atoms with Gasteiger partial charge in [0, 0.05) is 13.1 Å². The molecule has 2 aliphatic heterocycles. The number of aliphatic hydroxyl groups is 3. The van der Waals surface area contributed by atoms with Gasteiger partial charge in [-0.1, -0.05) is 23.9 Å². The van der Waals surface area contributed by atoms with Crippen molar-refractivity contribution in [3.63, 3.8) is 0 Å². The number of hydrogen-bond acceptors (Lipinski definition) is 7. The molecule has 0 unspecified atom stereocenters. The smallest absolute Gasteiger partial charge is 0.184 e. The quantitative estimate of drug-likeness (QED) is 0.503. The molecule has 0 bridgehead atoms. The fourth-order valence-electron chi connectivity index (χ4n) is 5.16. The molecule has 4 heterocycles. The van der Waals surface area contributed by atoms with Crippen molar-refractivity contribution >= 4 is 28.3 Å². The van der Waals surface area contributed by atoms with Gasteiger partial charge in [0.25, 0.3) is 0 Å². The predicted molar refractivity (Wildman–Crippen MR) is 106 cm³/mol. The first kappa shape index (κ1) is 19.1. The van der Waals surface area contributed by atoms with E-state index in [2.05, 4.69) is 20.9 Å². The van der Waals surface area contributed by atoms with Crippen LogP contribution >= 0.6 is 11.6 Å². The van der Waals surface area contributed by atoms with E-state index >= 15 is 0 Å². The van der Waals surface area contributed by atoms with Gasteiger partial charge in [0.2, 0.25) is 0 Å². The minimum Gasteiger partial charge on any atom is -0.394 e. The van der Waals surface area contributed by atoms with Crippen molar-refractivity contribution in [3.05, 3.63) is 17.4 Å². The van der Waals surface area contributed by atoms with Crippen LogP contribution in [-0.2, 0) is 4.74 Å². The number of rotatable bonds is 3. The highest BCUT2D eigenvalue weighted by Gasteiger charge is 2.55. The maximum Gasteiger partial charge on any atom is 0.184 e. The van der Waals surface area contributed by atoms with Crippen LogP contribution in [0, 0.1) is 24.2 Å². The minimum atomic E-state index is -2.02. The van der Waals surface area contributed by atoms with Crippen molar-refractivity contribution in [3.8, 4) is 12.3 Å². The Balaban J connectivity index is 1.54. The number of anilines is 1. The van der Waals surface area contributed by atoms with Crippen LogP contribution in [0.3, 0.4) is 0 Å². The Hall–Kier alpha value is -1.89. The lowest BCUT2D eigenvalue weighted by atomic mass is 9.93. The van der Waals surface area contributed by atoms with Crippen molar-refractivity contribution in [2.24, 2.45) is 11.8 Å². The molecule has 1 aliphatic carbocycles. The topological polar surface area (TPSA) is 104 Å². The molecule has 1 saturated carbocycles. The average molecular weight is 419 g/mol. The number of pyridine rings is 1. The lowest BCUT2D eigenvalue weighted by Crippen LogP contribution is -2.47. The zero-order valence-electron chi connectivity index (χ0n) is 15.8. The van der Waals surface area contributed by atoms with Crippen molar-refractivity contribution in [1.29, 1.82) is 0 Å². The number of halogens is 1. The van der Waals surface area contributed by atoms with Crippen LogP contribution in [0.5, 0.6) is 0 Å². The lowest BCUT2D eigenvalue weighted by molar-refractivity contribution is -0.0633. The Morgan fingerprint density at radius 1 is 1.34 bits per heavy atom. The Morgan fingerprint density at radius 3 is 2.69 bits per heavy atom. The molecule has 3 N–H and O–H groups in total. The van der Waals surface area contributed by atoms with Gasteiger partial charge >= 0.3 is 0 Å². The highest BCUT2D eigenvalue weighted by atomic mass is 35.5. The third-order valence-corrected chi connectivity index (χ3v) is 6.93. The summed E-state index contributed by atoms with van der Waals surface area (Å²) in [6.07, 6.45) is 7.18. The maximum atomic E-state index is 10.6. The molecular weight excluding hydrogens is 396 g/mol. The van der Waals surface area contributed by atoms with Crippen molar-refractivity contribution < 1.29 is 20.1 Å². The van der Waals surface area contributed by atoms with Crippen LogP contribution in [0.15, 0.2) is 12.3 Å². The second-order valence-corrected chi connectivity index (χ2v) is 8.65. The van der Waals surface area contributed by atoms with E-state index in [0.29, 0.717) is 22.6 Å². The van der Waals surface area contributed by atoms with Gasteiger partial charge in [-0.2, -0.15) is 5.10 Å². The number of nitrogens with zero attached hydrogens (tertiary/aromatic N) is 4. The molecule has 0 radical (unpaired) electrons. The van der Waals surface area contributed by atoms with Gasteiger partial charge < -0.3 is 25.0 Å². The SMILES string of the molecule is C#C[C@@]1(O)[C@@H](CO)O[C@@H](n2ncc3c(N4C[C@H]5CCC[C@H]5C4)cc(Cl)nc32)[C@@H]1O. The fourth-order valence-corrected chi connectivity index (χ4v) is 5.34. The highest BCUT2D eigenvalue weighted by molar-refractivity contribution is 6.30. The van der Waals surface area contributed by atoms with Gasteiger partial charge in [-0.25, -0.2) is 9.67 Å². The molecule has 0 amide bonds. The summed E-state index contributed by atoms with van der Waals surface area (Å²) in [5, 5.41) is 36.2.